The smallest absolute Gasteiger partial charge is 0.134 e. The van der Waals surface area contributed by atoms with Gasteiger partial charge in [0.2, 0.25) is 0 Å². The molecule has 0 saturated heterocycles. The van der Waals surface area contributed by atoms with E-state index in [9.17, 15) is 4.39 Å². The zero-order valence-electron chi connectivity index (χ0n) is 19.5. The highest BCUT2D eigenvalue weighted by Crippen LogP contribution is 2.25. The molecule has 0 saturated carbocycles. The molecule has 0 atom stereocenters. The molecule has 0 nitrogen and oxygen atoms in total. The van der Waals surface area contributed by atoms with Crippen LogP contribution in [0.15, 0.2) is 84.9 Å². The number of rotatable bonds is 9. The lowest BCUT2D eigenvalue weighted by atomic mass is 9.97. The number of benzene rings is 4. The van der Waals surface area contributed by atoms with Crippen LogP contribution in [-0.4, -0.2) is 0 Å². The number of hydrogen-bond donors (Lipinski definition) is 0. The van der Waals surface area contributed by atoms with E-state index in [1.165, 1.54) is 0 Å². The number of allylic oxidation sites excluding steroid dienone is 2. The maximum Gasteiger partial charge on any atom is 0.134 e. The van der Waals surface area contributed by atoms with Crippen LogP contribution in [0, 0.1) is 11.6 Å². The molecule has 4 aromatic carbocycles. The van der Waals surface area contributed by atoms with Gasteiger partial charge in [0.1, 0.15) is 11.6 Å². The lowest BCUT2D eigenvalue weighted by Gasteiger charge is -2.10. The quantitative estimate of drug-likeness (QED) is 0.212. The molecular formula is C31H29ClF2. The molecule has 0 amide bonds. The van der Waals surface area contributed by atoms with Gasteiger partial charge >= 0.3 is 0 Å². The van der Waals surface area contributed by atoms with Crippen LogP contribution >= 0.6 is 11.6 Å². The van der Waals surface area contributed by atoms with Crippen molar-refractivity contribution >= 4 is 22.4 Å². The first-order chi connectivity index (χ1) is 16.5. The summed E-state index contributed by atoms with van der Waals surface area (Å²) in [6.07, 6.45) is 8.61. The molecule has 0 heterocycles. The van der Waals surface area contributed by atoms with E-state index in [1.807, 2.05) is 79.7 Å². The van der Waals surface area contributed by atoms with Gasteiger partial charge < -0.3 is 0 Å². The number of fused-ring (bicyclic) bond motifs is 1. The average molecular weight is 475 g/mol. The molecule has 4 aromatic rings. The van der Waals surface area contributed by atoms with Crippen LogP contribution in [0.4, 0.5) is 8.78 Å². The van der Waals surface area contributed by atoms with E-state index in [4.69, 9.17) is 11.6 Å². The Balaban J connectivity index is 1.41. The molecule has 0 unspecified atom stereocenters. The lowest BCUT2D eigenvalue weighted by Crippen LogP contribution is -1.98. The largest absolute Gasteiger partial charge is 0.207 e. The molecule has 174 valence electrons. The molecule has 0 bridgehead atoms. The highest BCUT2D eigenvalue weighted by atomic mass is 35.5. The molecule has 34 heavy (non-hydrogen) atoms. The Morgan fingerprint density at radius 1 is 0.676 bits per heavy atom. The van der Waals surface area contributed by atoms with Gasteiger partial charge in [-0.1, -0.05) is 78.4 Å². The van der Waals surface area contributed by atoms with Gasteiger partial charge in [-0.2, -0.15) is 0 Å². The number of hydrogen-bond acceptors (Lipinski definition) is 0. The van der Waals surface area contributed by atoms with E-state index in [1.54, 1.807) is 6.07 Å². The summed E-state index contributed by atoms with van der Waals surface area (Å²) >= 11 is 5.94. The number of aryl methyl sites for hydroxylation is 5. The Hall–Kier alpha value is -2.97. The monoisotopic (exact) mass is 474 g/mol. The summed E-state index contributed by atoms with van der Waals surface area (Å²) in [5.41, 5.74) is 4.67. The fourth-order valence-corrected chi connectivity index (χ4v) is 4.44. The van der Waals surface area contributed by atoms with Crippen molar-refractivity contribution in [2.45, 2.75) is 45.4 Å². The van der Waals surface area contributed by atoms with E-state index in [0.29, 0.717) is 35.2 Å². The molecule has 0 aliphatic carbocycles. The van der Waals surface area contributed by atoms with Gasteiger partial charge in [-0.3, -0.25) is 0 Å². The second kappa shape index (κ2) is 11.4. The SMILES string of the molecule is C/C=C/CCc1ccc(CCc2ccc3c(F)c(CCc4ccc(Cl)cc4)ccc3c2)c(F)c1. The van der Waals surface area contributed by atoms with Crippen molar-refractivity contribution < 1.29 is 8.78 Å². The predicted octanol–water partition coefficient (Wildman–Crippen LogP) is 8.85. The third kappa shape index (κ3) is 6.12. The summed E-state index contributed by atoms with van der Waals surface area (Å²) in [4.78, 5) is 0. The van der Waals surface area contributed by atoms with Crippen molar-refractivity contribution in [1.82, 2.24) is 0 Å². The van der Waals surface area contributed by atoms with Gasteiger partial charge in [-0.15, -0.1) is 0 Å². The fraction of sp³-hybridized carbons (Fsp3) is 0.226. The molecule has 0 N–H and O–H groups in total. The minimum atomic E-state index is -0.155. The Morgan fingerprint density at radius 2 is 1.32 bits per heavy atom. The molecule has 4 rings (SSSR count). The van der Waals surface area contributed by atoms with E-state index in [-0.39, 0.29) is 11.6 Å². The molecule has 0 fully saturated rings. The molecule has 0 aliphatic rings. The van der Waals surface area contributed by atoms with E-state index in [2.05, 4.69) is 6.08 Å². The first-order valence-corrected chi connectivity index (χ1v) is 12.2. The van der Waals surface area contributed by atoms with Gasteiger partial charge in [0.15, 0.2) is 0 Å². The second-order valence-corrected chi connectivity index (χ2v) is 9.19. The van der Waals surface area contributed by atoms with Crippen LogP contribution in [0.2, 0.25) is 5.02 Å². The predicted molar refractivity (Wildman–Crippen MR) is 140 cm³/mol. The van der Waals surface area contributed by atoms with E-state index in [0.717, 1.165) is 46.9 Å². The van der Waals surface area contributed by atoms with Crippen LogP contribution in [0.25, 0.3) is 10.8 Å². The molecule has 0 aliphatic heterocycles. The van der Waals surface area contributed by atoms with E-state index >= 15 is 4.39 Å². The Bertz CT molecular complexity index is 1290. The zero-order valence-corrected chi connectivity index (χ0v) is 20.2. The van der Waals surface area contributed by atoms with E-state index < -0.39 is 0 Å². The van der Waals surface area contributed by atoms with Crippen LogP contribution in [0.3, 0.4) is 0 Å². The minimum Gasteiger partial charge on any atom is -0.207 e. The molecule has 0 spiro atoms. The molecule has 3 heteroatoms. The Labute approximate surface area is 205 Å². The van der Waals surface area contributed by atoms with Crippen LogP contribution in [0.5, 0.6) is 0 Å². The maximum absolute atomic E-state index is 15.1. The molecule has 0 aromatic heterocycles. The maximum atomic E-state index is 15.1. The average Bonchev–Trinajstić information content (AvgIpc) is 2.84. The third-order valence-corrected chi connectivity index (χ3v) is 6.58. The lowest BCUT2D eigenvalue weighted by molar-refractivity contribution is 0.606. The van der Waals surface area contributed by atoms with Gasteiger partial charge in [0, 0.05) is 10.4 Å². The second-order valence-electron chi connectivity index (χ2n) is 8.75. The highest BCUT2D eigenvalue weighted by Gasteiger charge is 2.10. The molecular weight excluding hydrogens is 446 g/mol. The summed E-state index contributed by atoms with van der Waals surface area (Å²) in [6.45, 7) is 1.99. The first kappa shape index (κ1) is 24.2. The summed E-state index contributed by atoms with van der Waals surface area (Å²) in [6, 6.07) is 22.9. The van der Waals surface area contributed by atoms with Gasteiger partial charge in [-0.05, 0) is 96.9 Å². The number of halogens is 3. The highest BCUT2D eigenvalue weighted by molar-refractivity contribution is 6.30. The van der Waals surface area contributed by atoms with Gasteiger partial charge in [-0.25, -0.2) is 8.78 Å². The van der Waals surface area contributed by atoms with Crippen molar-refractivity contribution in [3.05, 3.63) is 129 Å². The summed E-state index contributed by atoms with van der Waals surface area (Å²) in [5.74, 6) is -0.298. The molecule has 0 radical (unpaired) electrons. The van der Waals surface area contributed by atoms with Crippen molar-refractivity contribution in [2.75, 3.05) is 0 Å². The van der Waals surface area contributed by atoms with Crippen molar-refractivity contribution in [3.63, 3.8) is 0 Å². The van der Waals surface area contributed by atoms with Crippen LogP contribution in [-0.2, 0) is 32.1 Å². The van der Waals surface area contributed by atoms with Crippen molar-refractivity contribution in [3.8, 4) is 0 Å². The van der Waals surface area contributed by atoms with Crippen LogP contribution in [0.1, 0.15) is 41.2 Å². The summed E-state index contributed by atoms with van der Waals surface area (Å²) < 4.78 is 29.7. The summed E-state index contributed by atoms with van der Waals surface area (Å²) in [5, 5.41) is 2.22. The first-order valence-electron chi connectivity index (χ1n) is 11.9. The topological polar surface area (TPSA) is 0 Å². The van der Waals surface area contributed by atoms with Gasteiger partial charge in [0.25, 0.3) is 0 Å². The zero-order chi connectivity index (χ0) is 23.9. The minimum absolute atomic E-state index is 0.143. The third-order valence-electron chi connectivity index (χ3n) is 6.33. The summed E-state index contributed by atoms with van der Waals surface area (Å²) in [7, 11) is 0. The Morgan fingerprint density at radius 3 is 2.09 bits per heavy atom. The van der Waals surface area contributed by atoms with Crippen molar-refractivity contribution in [1.29, 1.82) is 0 Å². The Kier molecular flexibility index (Phi) is 8.13. The van der Waals surface area contributed by atoms with Crippen LogP contribution < -0.4 is 0 Å². The normalized spacial score (nSPS) is 11.5. The fourth-order valence-electron chi connectivity index (χ4n) is 4.31. The standard InChI is InChI=1S/C31H29ClF2/c1-2-3-4-5-23-7-12-25(30(33)21-23)13-8-24-11-19-29-27(20-24)16-15-26(31(29)34)14-6-22-9-17-28(32)18-10-22/h2-3,7,9-12,15-21H,4-6,8,13-14H2,1H3/b3-2+. The van der Waals surface area contributed by atoms with Crippen molar-refractivity contribution in [2.24, 2.45) is 0 Å². The van der Waals surface area contributed by atoms with Gasteiger partial charge in [0.05, 0.1) is 0 Å².